The number of piperazine rings is 1. The maximum absolute atomic E-state index is 11.9. The van der Waals surface area contributed by atoms with E-state index in [1.807, 2.05) is 6.92 Å². The Bertz CT molecular complexity index is 266. The highest BCUT2D eigenvalue weighted by Crippen LogP contribution is 2.30. The van der Waals surface area contributed by atoms with Crippen LogP contribution in [0.2, 0.25) is 0 Å². The average molecular weight is 252 g/mol. The lowest BCUT2D eigenvalue weighted by molar-refractivity contribution is -0.136. The molecule has 104 valence electrons. The fourth-order valence-electron chi connectivity index (χ4n) is 3.52. The number of nitrogens with zero attached hydrogens (tertiary/aromatic N) is 2. The van der Waals surface area contributed by atoms with Crippen LogP contribution in [0.15, 0.2) is 0 Å². The molecule has 0 aromatic heterocycles. The topological polar surface area (TPSA) is 23.6 Å². The van der Waals surface area contributed by atoms with Crippen molar-refractivity contribution >= 4 is 5.91 Å². The first-order valence-electron chi connectivity index (χ1n) is 7.79. The van der Waals surface area contributed by atoms with E-state index in [0.717, 1.165) is 13.1 Å². The molecule has 18 heavy (non-hydrogen) atoms. The molecular formula is C15H28N2O. The Morgan fingerprint density at radius 3 is 2.28 bits per heavy atom. The van der Waals surface area contributed by atoms with Gasteiger partial charge in [-0.1, -0.05) is 33.1 Å². The zero-order valence-electron chi connectivity index (χ0n) is 12.0. The number of unbranched alkanes of at least 4 members (excludes halogenated alkanes) is 3. The highest BCUT2D eigenvalue weighted by atomic mass is 16.2. The fourth-order valence-corrected chi connectivity index (χ4v) is 3.52. The third-order valence-electron chi connectivity index (χ3n) is 4.48. The number of hydrogen-bond donors (Lipinski definition) is 0. The maximum Gasteiger partial charge on any atom is 0.222 e. The minimum Gasteiger partial charge on any atom is -0.334 e. The highest BCUT2D eigenvalue weighted by molar-refractivity contribution is 5.77. The molecular weight excluding hydrogens is 224 g/mol. The molecule has 0 aromatic rings. The van der Waals surface area contributed by atoms with Gasteiger partial charge in [-0.15, -0.1) is 0 Å². The molecule has 2 saturated heterocycles. The molecule has 0 spiro atoms. The van der Waals surface area contributed by atoms with Gasteiger partial charge in [-0.05, 0) is 25.8 Å². The van der Waals surface area contributed by atoms with Gasteiger partial charge in [0.2, 0.25) is 5.91 Å². The van der Waals surface area contributed by atoms with E-state index < -0.39 is 0 Å². The van der Waals surface area contributed by atoms with Crippen molar-refractivity contribution in [2.75, 3.05) is 19.6 Å². The number of likely N-dealkylation sites (tertiary alicyclic amines) is 1. The molecule has 2 rings (SSSR count). The van der Waals surface area contributed by atoms with Crippen LogP contribution in [-0.4, -0.2) is 47.4 Å². The Labute approximate surface area is 112 Å². The molecule has 3 heteroatoms. The Balaban J connectivity index is 1.79. The Morgan fingerprint density at radius 1 is 1.06 bits per heavy atom. The summed E-state index contributed by atoms with van der Waals surface area (Å²) in [6.45, 7) is 7.72. The summed E-state index contributed by atoms with van der Waals surface area (Å²) in [5.41, 5.74) is 0. The van der Waals surface area contributed by atoms with Gasteiger partial charge >= 0.3 is 0 Å². The van der Waals surface area contributed by atoms with Crippen LogP contribution < -0.4 is 0 Å². The minimum absolute atomic E-state index is 0.369. The molecule has 2 fully saturated rings. The van der Waals surface area contributed by atoms with Crippen molar-refractivity contribution in [2.24, 2.45) is 0 Å². The van der Waals surface area contributed by atoms with E-state index >= 15 is 0 Å². The van der Waals surface area contributed by atoms with Gasteiger partial charge in [-0.25, -0.2) is 0 Å². The predicted octanol–water partition coefficient (Wildman–Crippen LogP) is 2.65. The van der Waals surface area contributed by atoms with E-state index in [1.54, 1.807) is 0 Å². The second kappa shape index (κ2) is 6.55. The van der Waals surface area contributed by atoms with Crippen molar-refractivity contribution in [3.63, 3.8) is 0 Å². The van der Waals surface area contributed by atoms with Crippen LogP contribution in [0.3, 0.4) is 0 Å². The van der Waals surface area contributed by atoms with Crippen molar-refractivity contribution in [2.45, 2.75) is 70.9 Å². The third-order valence-corrected chi connectivity index (χ3v) is 4.48. The second-order valence-corrected chi connectivity index (χ2v) is 5.86. The lowest BCUT2D eigenvalue weighted by atomic mass is 10.1. The molecule has 0 aliphatic carbocycles. The summed E-state index contributed by atoms with van der Waals surface area (Å²) in [4.78, 5) is 16.7. The largest absolute Gasteiger partial charge is 0.334 e. The standard InChI is InChI=1S/C15H28N2O/c1-3-5-6-7-10-16-11-13-8-9-14(12-16)17(13)15(18)4-2/h13-14H,3-12H2,1-2H3. The van der Waals surface area contributed by atoms with Gasteiger partial charge in [0.25, 0.3) is 0 Å². The van der Waals surface area contributed by atoms with Crippen LogP contribution in [0.1, 0.15) is 58.8 Å². The first-order valence-corrected chi connectivity index (χ1v) is 7.79. The molecule has 0 saturated carbocycles. The zero-order chi connectivity index (χ0) is 13.0. The molecule has 1 amide bonds. The third kappa shape index (κ3) is 3.05. The average Bonchev–Trinajstić information content (AvgIpc) is 2.65. The van der Waals surface area contributed by atoms with Crippen LogP contribution >= 0.6 is 0 Å². The van der Waals surface area contributed by atoms with Gasteiger partial charge in [0.1, 0.15) is 0 Å². The molecule has 0 N–H and O–H groups in total. The van der Waals surface area contributed by atoms with E-state index in [-0.39, 0.29) is 0 Å². The number of fused-ring (bicyclic) bond motifs is 2. The predicted molar refractivity (Wildman–Crippen MR) is 74.5 cm³/mol. The van der Waals surface area contributed by atoms with Gasteiger partial charge in [0.15, 0.2) is 0 Å². The molecule has 0 radical (unpaired) electrons. The summed E-state index contributed by atoms with van der Waals surface area (Å²) in [5.74, 6) is 0.369. The minimum atomic E-state index is 0.369. The van der Waals surface area contributed by atoms with Gasteiger partial charge in [0.05, 0.1) is 0 Å². The number of hydrogen-bond acceptors (Lipinski definition) is 2. The van der Waals surface area contributed by atoms with E-state index in [0.29, 0.717) is 24.4 Å². The normalized spacial score (nSPS) is 27.8. The van der Waals surface area contributed by atoms with Crippen molar-refractivity contribution in [3.8, 4) is 0 Å². The SMILES string of the molecule is CCCCCCN1CC2CCC(C1)N2C(=O)CC. The van der Waals surface area contributed by atoms with Crippen LogP contribution in [0.4, 0.5) is 0 Å². The van der Waals surface area contributed by atoms with Gasteiger partial charge in [-0.3, -0.25) is 9.69 Å². The van der Waals surface area contributed by atoms with Crippen molar-refractivity contribution in [1.82, 2.24) is 9.80 Å². The summed E-state index contributed by atoms with van der Waals surface area (Å²) in [7, 11) is 0. The number of amides is 1. The molecule has 3 nitrogen and oxygen atoms in total. The molecule has 2 aliphatic heterocycles. The van der Waals surface area contributed by atoms with Crippen LogP contribution in [0, 0.1) is 0 Å². The molecule has 2 bridgehead atoms. The second-order valence-electron chi connectivity index (χ2n) is 5.86. The molecule has 0 aromatic carbocycles. The lowest BCUT2D eigenvalue weighted by Crippen LogP contribution is -2.55. The molecule has 2 unspecified atom stereocenters. The summed E-state index contributed by atoms with van der Waals surface area (Å²) < 4.78 is 0. The van der Waals surface area contributed by atoms with Crippen LogP contribution in [0.5, 0.6) is 0 Å². The Morgan fingerprint density at radius 2 is 1.72 bits per heavy atom. The lowest BCUT2D eigenvalue weighted by Gasteiger charge is -2.41. The monoisotopic (exact) mass is 252 g/mol. The van der Waals surface area contributed by atoms with Crippen LogP contribution in [0.25, 0.3) is 0 Å². The zero-order valence-corrected chi connectivity index (χ0v) is 12.0. The number of carbonyl (C=O) groups is 1. The Kier molecular flexibility index (Phi) is 5.04. The maximum atomic E-state index is 11.9. The summed E-state index contributed by atoms with van der Waals surface area (Å²) in [5, 5.41) is 0. The van der Waals surface area contributed by atoms with Crippen LogP contribution in [-0.2, 0) is 4.79 Å². The quantitative estimate of drug-likeness (QED) is 0.679. The van der Waals surface area contributed by atoms with E-state index in [9.17, 15) is 4.79 Å². The van der Waals surface area contributed by atoms with Gasteiger partial charge in [0, 0.05) is 31.6 Å². The fraction of sp³-hybridized carbons (Fsp3) is 0.933. The van der Waals surface area contributed by atoms with E-state index in [2.05, 4.69) is 16.7 Å². The number of rotatable bonds is 6. The first kappa shape index (κ1) is 13.9. The Hall–Kier alpha value is -0.570. The van der Waals surface area contributed by atoms with E-state index in [1.165, 1.54) is 45.1 Å². The molecule has 2 heterocycles. The summed E-state index contributed by atoms with van der Waals surface area (Å²) >= 11 is 0. The highest BCUT2D eigenvalue weighted by Gasteiger charge is 2.41. The summed E-state index contributed by atoms with van der Waals surface area (Å²) in [6.07, 6.45) is 8.48. The van der Waals surface area contributed by atoms with Gasteiger partial charge in [-0.2, -0.15) is 0 Å². The summed E-state index contributed by atoms with van der Waals surface area (Å²) in [6, 6.07) is 1.03. The molecule has 2 atom stereocenters. The van der Waals surface area contributed by atoms with Crippen molar-refractivity contribution < 1.29 is 4.79 Å². The van der Waals surface area contributed by atoms with E-state index in [4.69, 9.17) is 0 Å². The number of carbonyl (C=O) groups excluding carboxylic acids is 1. The first-order chi connectivity index (χ1) is 8.76. The van der Waals surface area contributed by atoms with Crippen molar-refractivity contribution in [1.29, 1.82) is 0 Å². The smallest absolute Gasteiger partial charge is 0.222 e. The van der Waals surface area contributed by atoms with Gasteiger partial charge < -0.3 is 4.90 Å². The molecule has 2 aliphatic rings. The van der Waals surface area contributed by atoms with Crippen molar-refractivity contribution in [3.05, 3.63) is 0 Å².